The third-order valence-electron chi connectivity index (χ3n) is 4.11. The van der Waals surface area contributed by atoms with Crippen molar-refractivity contribution in [2.45, 2.75) is 33.7 Å². The molecule has 0 radical (unpaired) electrons. The smallest absolute Gasteiger partial charge is 0.328 e. The van der Waals surface area contributed by atoms with Crippen LogP contribution in [0.2, 0.25) is 0 Å². The Bertz CT molecular complexity index is 731. The van der Waals surface area contributed by atoms with Gasteiger partial charge in [-0.15, -0.1) is 0 Å². The van der Waals surface area contributed by atoms with Gasteiger partial charge in [-0.1, -0.05) is 60.3 Å². The summed E-state index contributed by atoms with van der Waals surface area (Å²) in [6, 6.07) is 9.73. The molecular formula is C21H27N3OS. The zero-order valence-corrected chi connectivity index (χ0v) is 16.6. The number of hydrogen-bond acceptors (Lipinski definition) is 3. The lowest BCUT2D eigenvalue weighted by Gasteiger charge is -2.29. The molecule has 5 heteroatoms. The predicted molar refractivity (Wildman–Crippen MR) is 112 cm³/mol. The fourth-order valence-electron chi connectivity index (χ4n) is 2.47. The van der Waals surface area contributed by atoms with Gasteiger partial charge < -0.3 is 5.32 Å². The number of carbonyl (C=O) groups excluding carboxylic acids is 1. The highest BCUT2D eigenvalue weighted by molar-refractivity contribution is 8.13. The molecule has 1 aromatic rings. The van der Waals surface area contributed by atoms with Gasteiger partial charge in [0, 0.05) is 18.8 Å². The molecule has 0 spiro atoms. The molecule has 0 bridgehead atoms. The minimum absolute atomic E-state index is 0.171. The first-order chi connectivity index (χ1) is 12.5. The number of hydrogen-bond donors (Lipinski definition) is 1. The van der Waals surface area contributed by atoms with Crippen LogP contribution in [0, 0.1) is 0 Å². The van der Waals surface area contributed by atoms with Crippen molar-refractivity contribution in [2.75, 3.05) is 12.3 Å². The van der Waals surface area contributed by atoms with Crippen LogP contribution >= 0.6 is 11.8 Å². The highest BCUT2D eigenvalue weighted by atomic mass is 32.2. The fourth-order valence-corrected chi connectivity index (χ4v) is 3.42. The Labute approximate surface area is 160 Å². The van der Waals surface area contributed by atoms with Gasteiger partial charge in [-0.05, 0) is 44.4 Å². The molecule has 1 aliphatic rings. The average Bonchev–Trinajstić information content (AvgIpc) is 2.67. The van der Waals surface area contributed by atoms with E-state index in [1.165, 1.54) is 0 Å². The molecule has 4 nitrogen and oxygen atoms in total. The summed E-state index contributed by atoms with van der Waals surface area (Å²) in [4.78, 5) is 19.4. The van der Waals surface area contributed by atoms with Gasteiger partial charge in [-0.25, -0.2) is 9.69 Å². The van der Waals surface area contributed by atoms with Crippen molar-refractivity contribution in [3.8, 4) is 0 Å². The monoisotopic (exact) mass is 369 g/mol. The van der Waals surface area contributed by atoms with Crippen LogP contribution < -0.4 is 5.32 Å². The van der Waals surface area contributed by atoms with Crippen molar-refractivity contribution in [3.63, 3.8) is 0 Å². The lowest BCUT2D eigenvalue weighted by molar-refractivity contribution is 0.228. The summed E-state index contributed by atoms with van der Waals surface area (Å²) in [5, 5.41) is 3.77. The van der Waals surface area contributed by atoms with E-state index in [2.05, 4.69) is 16.9 Å². The molecule has 0 aromatic heterocycles. The van der Waals surface area contributed by atoms with Crippen LogP contribution in [-0.2, 0) is 6.54 Å². The SMILES string of the molecule is C=C/C=C(\C(C)=C(C)C)N(C(=O)NCc1ccccc1)C1=NCCCS1. The maximum atomic E-state index is 13.1. The maximum absolute atomic E-state index is 13.1. The Hall–Kier alpha value is -2.27. The number of amides is 2. The third-order valence-corrected chi connectivity index (χ3v) is 5.18. The number of nitrogens with one attached hydrogen (secondary N) is 1. The van der Waals surface area contributed by atoms with Crippen molar-refractivity contribution in [3.05, 3.63) is 71.5 Å². The number of rotatable bonds is 5. The highest BCUT2D eigenvalue weighted by Gasteiger charge is 2.26. The zero-order chi connectivity index (χ0) is 18.9. The molecule has 0 atom stereocenters. The van der Waals surface area contributed by atoms with E-state index in [1.807, 2.05) is 57.2 Å². The highest BCUT2D eigenvalue weighted by Crippen LogP contribution is 2.25. The van der Waals surface area contributed by atoms with E-state index < -0.39 is 0 Å². The van der Waals surface area contributed by atoms with Crippen LogP contribution in [0.1, 0.15) is 32.8 Å². The quantitative estimate of drug-likeness (QED) is 0.732. The predicted octanol–water partition coefficient (Wildman–Crippen LogP) is 5.12. The van der Waals surface area contributed by atoms with Gasteiger partial charge in [-0.2, -0.15) is 0 Å². The summed E-state index contributed by atoms with van der Waals surface area (Å²) in [5.74, 6) is 0.969. The number of urea groups is 1. The first-order valence-electron chi connectivity index (χ1n) is 8.81. The molecule has 0 saturated heterocycles. The van der Waals surface area contributed by atoms with Gasteiger partial charge >= 0.3 is 6.03 Å². The summed E-state index contributed by atoms with van der Waals surface area (Å²) < 4.78 is 0. The van der Waals surface area contributed by atoms with E-state index in [-0.39, 0.29) is 6.03 Å². The molecule has 1 aromatic carbocycles. The number of amidine groups is 1. The minimum atomic E-state index is -0.171. The Morgan fingerprint density at radius 3 is 2.62 bits per heavy atom. The zero-order valence-electron chi connectivity index (χ0n) is 15.8. The van der Waals surface area contributed by atoms with Crippen LogP contribution in [0.4, 0.5) is 4.79 Å². The van der Waals surface area contributed by atoms with Gasteiger partial charge in [0.05, 0.1) is 5.70 Å². The van der Waals surface area contributed by atoms with Crippen molar-refractivity contribution >= 4 is 23.0 Å². The Morgan fingerprint density at radius 2 is 2.04 bits per heavy atom. The van der Waals surface area contributed by atoms with Crippen LogP contribution in [0.25, 0.3) is 0 Å². The van der Waals surface area contributed by atoms with Gasteiger partial charge in [0.1, 0.15) is 0 Å². The van der Waals surface area contributed by atoms with E-state index >= 15 is 0 Å². The van der Waals surface area contributed by atoms with Crippen molar-refractivity contribution in [2.24, 2.45) is 4.99 Å². The van der Waals surface area contributed by atoms with E-state index in [4.69, 9.17) is 0 Å². The summed E-state index contributed by atoms with van der Waals surface area (Å²) in [6.07, 6.45) is 4.63. The van der Waals surface area contributed by atoms with Gasteiger partial charge in [-0.3, -0.25) is 4.99 Å². The number of benzene rings is 1. The average molecular weight is 370 g/mol. The lowest BCUT2D eigenvalue weighted by Crippen LogP contribution is -2.43. The molecule has 1 N–H and O–H groups in total. The number of aliphatic imine (C=N–C) groups is 1. The maximum Gasteiger partial charge on any atom is 0.328 e. The molecule has 0 saturated carbocycles. The van der Waals surface area contributed by atoms with Gasteiger partial charge in [0.2, 0.25) is 0 Å². The van der Waals surface area contributed by atoms with Crippen molar-refractivity contribution in [1.82, 2.24) is 10.2 Å². The summed E-state index contributed by atoms with van der Waals surface area (Å²) in [6.45, 7) is 11.2. The van der Waals surface area contributed by atoms with Crippen molar-refractivity contribution in [1.29, 1.82) is 0 Å². The number of thioether (sulfide) groups is 1. The normalized spacial score (nSPS) is 14.3. The standard InChI is InChI=1S/C21H27N3OS/c1-5-10-19(17(4)16(2)3)24(21-22-13-9-14-26-21)20(25)23-15-18-11-7-6-8-12-18/h5-8,10-12H,1,9,13-15H2,2-4H3,(H,23,25)/b19-10+. The summed E-state index contributed by atoms with van der Waals surface area (Å²) in [5.41, 5.74) is 4.08. The first kappa shape index (κ1) is 20.0. The van der Waals surface area contributed by atoms with Gasteiger partial charge in [0.15, 0.2) is 5.17 Å². The van der Waals surface area contributed by atoms with Crippen LogP contribution in [0.3, 0.4) is 0 Å². The molecule has 0 fully saturated rings. The molecule has 2 rings (SSSR count). The molecule has 0 unspecified atom stereocenters. The van der Waals surface area contributed by atoms with Crippen LogP contribution in [0.5, 0.6) is 0 Å². The van der Waals surface area contributed by atoms with E-state index in [9.17, 15) is 4.79 Å². The molecule has 138 valence electrons. The largest absolute Gasteiger partial charge is 0.333 e. The third kappa shape index (κ3) is 5.36. The Morgan fingerprint density at radius 1 is 1.31 bits per heavy atom. The van der Waals surface area contributed by atoms with Crippen LogP contribution in [0.15, 0.2) is 70.9 Å². The molecule has 2 amide bonds. The number of allylic oxidation sites excluding steroid dienone is 4. The van der Waals surface area contributed by atoms with E-state index in [0.717, 1.165) is 46.3 Å². The first-order valence-corrected chi connectivity index (χ1v) is 9.79. The molecular weight excluding hydrogens is 342 g/mol. The molecule has 1 aliphatic heterocycles. The van der Waals surface area contributed by atoms with Crippen molar-refractivity contribution < 1.29 is 4.79 Å². The number of carbonyl (C=O) groups is 1. The fraction of sp³-hybridized carbons (Fsp3) is 0.333. The molecule has 26 heavy (non-hydrogen) atoms. The summed E-state index contributed by atoms with van der Waals surface area (Å²) in [7, 11) is 0. The lowest BCUT2D eigenvalue weighted by atomic mass is 10.1. The molecule has 0 aliphatic carbocycles. The van der Waals surface area contributed by atoms with E-state index in [1.54, 1.807) is 22.7 Å². The second kappa shape index (κ2) is 10.0. The van der Waals surface area contributed by atoms with E-state index in [0.29, 0.717) is 6.54 Å². The second-order valence-electron chi connectivity index (χ2n) is 6.26. The second-order valence-corrected chi connectivity index (χ2v) is 7.32. The minimum Gasteiger partial charge on any atom is -0.333 e. The number of nitrogens with zero attached hydrogens (tertiary/aromatic N) is 2. The summed E-state index contributed by atoms with van der Waals surface area (Å²) >= 11 is 1.62. The molecule has 1 heterocycles. The Balaban J connectivity index is 2.32. The van der Waals surface area contributed by atoms with Gasteiger partial charge in [0.25, 0.3) is 0 Å². The Kier molecular flexibility index (Phi) is 7.73. The van der Waals surface area contributed by atoms with Crippen LogP contribution in [-0.4, -0.2) is 28.4 Å². The topological polar surface area (TPSA) is 44.7 Å².